The van der Waals surface area contributed by atoms with Gasteiger partial charge in [-0.3, -0.25) is 9.48 Å². The molecule has 2 aromatic heterocycles. The Bertz CT molecular complexity index is 910. The Labute approximate surface area is 146 Å². The van der Waals surface area contributed by atoms with E-state index in [1.165, 1.54) is 0 Å². The zero-order valence-electron chi connectivity index (χ0n) is 14.4. The molecule has 1 unspecified atom stereocenters. The Kier molecular flexibility index (Phi) is 3.87. The van der Waals surface area contributed by atoms with Crippen molar-refractivity contribution in [3.05, 3.63) is 59.5 Å². The minimum Gasteiger partial charge on any atom is -0.309 e. The number of hydrogen-bond donors (Lipinski definition) is 1. The minimum atomic E-state index is 0.0168. The van der Waals surface area contributed by atoms with Gasteiger partial charge in [-0.25, -0.2) is 4.68 Å². The highest BCUT2D eigenvalue weighted by Gasteiger charge is 2.31. The van der Waals surface area contributed by atoms with Crippen molar-refractivity contribution >= 4 is 11.7 Å². The molecule has 1 atom stereocenters. The maximum atomic E-state index is 12.2. The number of carbonyl (C=O) groups is 1. The van der Waals surface area contributed by atoms with Gasteiger partial charge in [-0.05, 0) is 37.1 Å². The van der Waals surface area contributed by atoms with Crippen LogP contribution in [0.2, 0.25) is 0 Å². The third-order valence-corrected chi connectivity index (χ3v) is 4.73. The Morgan fingerprint density at radius 1 is 1.32 bits per heavy atom. The van der Waals surface area contributed by atoms with Crippen LogP contribution in [-0.2, 0) is 11.3 Å². The van der Waals surface area contributed by atoms with Gasteiger partial charge in [-0.15, -0.1) is 0 Å². The highest BCUT2D eigenvalue weighted by Crippen LogP contribution is 2.39. The monoisotopic (exact) mass is 335 g/mol. The maximum absolute atomic E-state index is 12.2. The number of carbonyl (C=O) groups excluding carboxylic acids is 1. The molecule has 1 aromatic carbocycles. The minimum absolute atomic E-state index is 0.0168. The Morgan fingerprint density at radius 3 is 2.96 bits per heavy atom. The fraction of sp³-hybridized carbons (Fsp3) is 0.316. The number of fused-ring (bicyclic) bond motifs is 1. The van der Waals surface area contributed by atoms with Crippen LogP contribution in [0.25, 0.3) is 5.69 Å². The van der Waals surface area contributed by atoms with E-state index in [2.05, 4.69) is 41.5 Å². The summed E-state index contributed by atoms with van der Waals surface area (Å²) in [7, 11) is 0. The van der Waals surface area contributed by atoms with Crippen LogP contribution in [0.4, 0.5) is 5.82 Å². The largest absolute Gasteiger partial charge is 0.309 e. The van der Waals surface area contributed by atoms with E-state index < -0.39 is 0 Å². The van der Waals surface area contributed by atoms with Crippen LogP contribution in [0.15, 0.2) is 42.7 Å². The van der Waals surface area contributed by atoms with Gasteiger partial charge in [-0.1, -0.05) is 19.1 Å². The van der Waals surface area contributed by atoms with Gasteiger partial charge in [0.25, 0.3) is 0 Å². The van der Waals surface area contributed by atoms with Crippen LogP contribution < -0.4 is 5.32 Å². The molecule has 0 saturated carbocycles. The first-order valence-corrected chi connectivity index (χ1v) is 8.64. The van der Waals surface area contributed by atoms with Gasteiger partial charge in [0.05, 0.1) is 5.69 Å². The number of hydrogen-bond acceptors (Lipinski definition) is 3. The molecule has 128 valence electrons. The zero-order chi connectivity index (χ0) is 17.4. The molecule has 0 saturated heterocycles. The summed E-state index contributed by atoms with van der Waals surface area (Å²) in [4.78, 5) is 12.2. The van der Waals surface area contributed by atoms with Crippen LogP contribution >= 0.6 is 0 Å². The van der Waals surface area contributed by atoms with Crippen molar-refractivity contribution in [3.63, 3.8) is 0 Å². The number of rotatable bonds is 4. The molecule has 0 aliphatic carbocycles. The first kappa shape index (κ1) is 15.6. The molecule has 6 nitrogen and oxygen atoms in total. The van der Waals surface area contributed by atoms with Gasteiger partial charge in [0.15, 0.2) is 5.82 Å². The van der Waals surface area contributed by atoms with Crippen LogP contribution in [0, 0.1) is 6.92 Å². The molecule has 25 heavy (non-hydrogen) atoms. The van der Waals surface area contributed by atoms with Crippen molar-refractivity contribution in [1.29, 1.82) is 0 Å². The average Bonchev–Trinajstić information content (AvgIpc) is 3.24. The smallest absolute Gasteiger partial charge is 0.226 e. The molecule has 1 aliphatic rings. The van der Waals surface area contributed by atoms with Gasteiger partial charge in [0, 0.05) is 42.5 Å². The van der Waals surface area contributed by atoms with Gasteiger partial charge >= 0.3 is 0 Å². The van der Waals surface area contributed by atoms with Crippen molar-refractivity contribution < 1.29 is 4.79 Å². The van der Waals surface area contributed by atoms with Gasteiger partial charge in [-0.2, -0.15) is 10.2 Å². The Hall–Kier alpha value is -2.89. The lowest BCUT2D eigenvalue weighted by atomic mass is 9.85. The predicted molar refractivity (Wildman–Crippen MR) is 95.9 cm³/mol. The molecule has 0 radical (unpaired) electrons. The highest BCUT2D eigenvalue weighted by molar-refractivity contribution is 5.94. The van der Waals surface area contributed by atoms with Gasteiger partial charge in [0.2, 0.25) is 5.91 Å². The van der Waals surface area contributed by atoms with Crippen molar-refractivity contribution in [2.45, 2.75) is 39.2 Å². The lowest BCUT2D eigenvalue weighted by molar-refractivity contribution is -0.116. The lowest BCUT2D eigenvalue weighted by Crippen LogP contribution is -2.23. The molecule has 0 fully saturated rings. The number of nitrogens with zero attached hydrogens (tertiary/aromatic N) is 4. The maximum Gasteiger partial charge on any atom is 0.226 e. The fourth-order valence-corrected chi connectivity index (χ4v) is 3.56. The second kappa shape index (κ2) is 6.20. The van der Waals surface area contributed by atoms with E-state index in [0.29, 0.717) is 12.2 Å². The number of benzene rings is 1. The lowest BCUT2D eigenvalue weighted by Gasteiger charge is -2.23. The molecular weight excluding hydrogens is 314 g/mol. The molecule has 1 N–H and O–H groups in total. The van der Waals surface area contributed by atoms with E-state index >= 15 is 0 Å². The first-order chi connectivity index (χ1) is 12.2. The van der Waals surface area contributed by atoms with Crippen LogP contribution in [0.5, 0.6) is 0 Å². The predicted octanol–water partition coefficient (Wildman–Crippen LogP) is 3.26. The third-order valence-electron chi connectivity index (χ3n) is 4.73. The second-order valence-electron chi connectivity index (χ2n) is 6.42. The summed E-state index contributed by atoms with van der Waals surface area (Å²) >= 11 is 0. The van der Waals surface area contributed by atoms with Crippen LogP contribution in [0.1, 0.15) is 42.5 Å². The van der Waals surface area contributed by atoms with Crippen molar-refractivity contribution in [1.82, 2.24) is 19.6 Å². The van der Waals surface area contributed by atoms with E-state index in [-0.39, 0.29) is 11.8 Å². The highest BCUT2D eigenvalue weighted by atomic mass is 16.1. The molecule has 4 rings (SSSR count). The second-order valence-corrected chi connectivity index (χ2v) is 6.42. The first-order valence-electron chi connectivity index (χ1n) is 8.64. The Balaban J connectivity index is 1.79. The van der Waals surface area contributed by atoms with E-state index in [1.807, 2.05) is 33.8 Å². The van der Waals surface area contributed by atoms with E-state index in [4.69, 9.17) is 0 Å². The molecule has 1 aliphatic heterocycles. The van der Waals surface area contributed by atoms with Crippen LogP contribution in [-0.4, -0.2) is 25.5 Å². The van der Waals surface area contributed by atoms with E-state index in [1.54, 1.807) is 6.20 Å². The summed E-state index contributed by atoms with van der Waals surface area (Å²) in [6, 6.07) is 10.1. The van der Waals surface area contributed by atoms with Crippen LogP contribution in [0.3, 0.4) is 0 Å². The quantitative estimate of drug-likeness (QED) is 0.796. The SMILES string of the molecule is CCCn1nc2c(c1C)C(c1cccc(-n3cccn3)c1)CC(=O)N2. The van der Waals surface area contributed by atoms with E-state index in [9.17, 15) is 4.79 Å². The summed E-state index contributed by atoms with van der Waals surface area (Å²) in [5.74, 6) is 0.740. The molecule has 6 heteroatoms. The number of anilines is 1. The zero-order valence-corrected chi connectivity index (χ0v) is 14.4. The molecule has 3 aromatic rings. The third kappa shape index (κ3) is 2.73. The summed E-state index contributed by atoms with van der Waals surface area (Å²) in [6.07, 6.45) is 5.13. The normalized spacial score (nSPS) is 16.6. The standard InChI is InChI=1S/C19H21N5O/c1-3-9-23-13(2)18-16(12-17(25)21-19(18)22-23)14-6-4-7-15(11-14)24-10-5-8-20-24/h4-8,10-11,16H,3,9,12H2,1-2H3,(H,21,22,25). The molecule has 0 spiro atoms. The van der Waals surface area contributed by atoms with Crippen molar-refractivity contribution in [2.24, 2.45) is 0 Å². The average molecular weight is 335 g/mol. The van der Waals surface area contributed by atoms with Crippen molar-refractivity contribution in [3.8, 4) is 5.69 Å². The molecule has 1 amide bonds. The molecular formula is C19H21N5O. The fourth-order valence-electron chi connectivity index (χ4n) is 3.56. The summed E-state index contributed by atoms with van der Waals surface area (Å²) in [5.41, 5.74) is 4.37. The van der Waals surface area contributed by atoms with E-state index in [0.717, 1.165) is 35.5 Å². The summed E-state index contributed by atoms with van der Waals surface area (Å²) in [5, 5.41) is 11.8. The number of aryl methyl sites for hydroxylation is 1. The number of nitrogens with one attached hydrogen (secondary N) is 1. The Morgan fingerprint density at radius 2 is 2.20 bits per heavy atom. The summed E-state index contributed by atoms with van der Waals surface area (Å²) < 4.78 is 3.83. The topological polar surface area (TPSA) is 64.7 Å². The van der Waals surface area contributed by atoms with Gasteiger partial charge < -0.3 is 5.32 Å². The molecule has 3 heterocycles. The van der Waals surface area contributed by atoms with Gasteiger partial charge in [0.1, 0.15) is 0 Å². The number of aromatic nitrogens is 4. The summed E-state index contributed by atoms with van der Waals surface area (Å²) in [6.45, 7) is 5.07. The molecule has 0 bridgehead atoms. The van der Waals surface area contributed by atoms with Crippen molar-refractivity contribution in [2.75, 3.05) is 5.32 Å². The number of amides is 1.